The third-order valence-electron chi connectivity index (χ3n) is 5.23. The van der Waals surface area contributed by atoms with E-state index in [1.165, 1.54) is 19.3 Å². The Hall–Kier alpha value is -4.28. The fourth-order valence-electron chi connectivity index (χ4n) is 3.46. The average Bonchev–Trinajstić information content (AvgIpc) is 3.16. The molecule has 1 saturated heterocycles. The lowest BCUT2D eigenvalue weighted by Gasteiger charge is -2.13. The standard InChI is InChI=1S/C27H22ClN3O6S/c1-36-22-12-11-19(14-20(22)28)30-24(32)15-31-26(34)23(38-27(31)35)13-17-7-5-6-10-21(17)37-16-25(33)29-18-8-3-2-4-9-18/h2-14H,15-16H2,1H3,(H,29,33)(H,30,32)/b23-13+. The molecule has 38 heavy (non-hydrogen) atoms. The first kappa shape index (κ1) is 26.8. The zero-order valence-corrected chi connectivity index (χ0v) is 21.7. The second-order valence-corrected chi connectivity index (χ2v) is 9.31. The number of methoxy groups -OCH3 is 1. The molecule has 1 aliphatic rings. The fraction of sp³-hybridized carbons (Fsp3) is 0.111. The molecule has 1 fully saturated rings. The van der Waals surface area contributed by atoms with Crippen LogP contribution in [0.1, 0.15) is 5.56 Å². The van der Waals surface area contributed by atoms with Gasteiger partial charge < -0.3 is 20.1 Å². The number of rotatable bonds is 9. The third-order valence-corrected chi connectivity index (χ3v) is 6.44. The Balaban J connectivity index is 1.39. The smallest absolute Gasteiger partial charge is 0.294 e. The van der Waals surface area contributed by atoms with Crippen molar-refractivity contribution < 1.29 is 28.7 Å². The van der Waals surface area contributed by atoms with E-state index in [9.17, 15) is 19.2 Å². The molecule has 9 nitrogen and oxygen atoms in total. The van der Waals surface area contributed by atoms with Gasteiger partial charge in [0.15, 0.2) is 6.61 Å². The Morgan fingerprint density at radius 2 is 1.63 bits per heavy atom. The van der Waals surface area contributed by atoms with Crippen LogP contribution in [0.3, 0.4) is 0 Å². The summed E-state index contributed by atoms with van der Waals surface area (Å²) < 4.78 is 10.7. The minimum atomic E-state index is -0.612. The molecule has 0 unspecified atom stereocenters. The molecule has 0 atom stereocenters. The van der Waals surface area contributed by atoms with Crippen LogP contribution in [0.5, 0.6) is 11.5 Å². The van der Waals surface area contributed by atoms with Crippen LogP contribution >= 0.6 is 23.4 Å². The Labute approximate surface area is 227 Å². The number of nitrogens with one attached hydrogen (secondary N) is 2. The van der Waals surface area contributed by atoms with Crippen LogP contribution in [-0.4, -0.2) is 48.1 Å². The van der Waals surface area contributed by atoms with Gasteiger partial charge in [-0.05, 0) is 54.2 Å². The van der Waals surface area contributed by atoms with Gasteiger partial charge in [0.25, 0.3) is 17.1 Å². The highest BCUT2D eigenvalue weighted by Gasteiger charge is 2.36. The van der Waals surface area contributed by atoms with Gasteiger partial charge in [0.1, 0.15) is 18.0 Å². The van der Waals surface area contributed by atoms with Gasteiger partial charge >= 0.3 is 0 Å². The van der Waals surface area contributed by atoms with Gasteiger partial charge in [-0.1, -0.05) is 48.0 Å². The van der Waals surface area contributed by atoms with Crippen molar-refractivity contribution in [1.29, 1.82) is 0 Å². The van der Waals surface area contributed by atoms with Crippen molar-refractivity contribution in [3.8, 4) is 11.5 Å². The SMILES string of the molecule is COc1ccc(NC(=O)CN2C(=O)S/C(=C/c3ccccc3OCC(=O)Nc3ccccc3)C2=O)cc1Cl. The largest absolute Gasteiger partial charge is 0.495 e. The number of carbonyl (C=O) groups is 4. The molecule has 1 aliphatic heterocycles. The lowest BCUT2D eigenvalue weighted by Crippen LogP contribution is -2.36. The molecule has 0 saturated carbocycles. The summed E-state index contributed by atoms with van der Waals surface area (Å²) in [5.41, 5.74) is 1.54. The van der Waals surface area contributed by atoms with Gasteiger partial charge in [-0.25, -0.2) is 0 Å². The molecule has 3 aromatic rings. The fourth-order valence-corrected chi connectivity index (χ4v) is 4.55. The zero-order valence-electron chi connectivity index (χ0n) is 20.1. The highest BCUT2D eigenvalue weighted by molar-refractivity contribution is 8.18. The molecule has 0 spiro atoms. The summed E-state index contributed by atoms with van der Waals surface area (Å²) in [6, 6.07) is 20.5. The number of amides is 4. The zero-order chi connectivity index (χ0) is 27.1. The Morgan fingerprint density at radius 1 is 0.921 bits per heavy atom. The van der Waals surface area contributed by atoms with Gasteiger partial charge in [-0.15, -0.1) is 0 Å². The van der Waals surface area contributed by atoms with E-state index in [4.69, 9.17) is 21.1 Å². The highest BCUT2D eigenvalue weighted by atomic mass is 35.5. The van der Waals surface area contributed by atoms with E-state index in [1.54, 1.807) is 60.7 Å². The Kier molecular flexibility index (Phi) is 8.67. The number of ether oxygens (including phenoxy) is 2. The summed E-state index contributed by atoms with van der Waals surface area (Å²) in [5, 5.41) is 5.06. The number of para-hydroxylation sites is 2. The number of benzene rings is 3. The molecular formula is C27H22ClN3O6S. The van der Waals surface area contributed by atoms with Crippen molar-refractivity contribution in [3.05, 3.63) is 88.3 Å². The molecule has 4 amide bonds. The van der Waals surface area contributed by atoms with Gasteiger partial charge in [0.05, 0.1) is 17.0 Å². The first-order valence-corrected chi connectivity index (χ1v) is 12.5. The number of hydrogen-bond acceptors (Lipinski definition) is 7. The molecule has 0 radical (unpaired) electrons. The molecule has 194 valence electrons. The maximum Gasteiger partial charge on any atom is 0.294 e. The number of nitrogens with zero attached hydrogens (tertiary/aromatic N) is 1. The van der Waals surface area contributed by atoms with Gasteiger partial charge in [-0.2, -0.15) is 0 Å². The van der Waals surface area contributed by atoms with Crippen molar-refractivity contribution in [3.63, 3.8) is 0 Å². The Bertz CT molecular complexity index is 1410. The summed E-state index contributed by atoms with van der Waals surface area (Å²) in [5.74, 6) is -0.726. The summed E-state index contributed by atoms with van der Waals surface area (Å²) in [7, 11) is 1.47. The van der Waals surface area contributed by atoms with Crippen LogP contribution in [0.4, 0.5) is 16.2 Å². The molecule has 0 aromatic heterocycles. The van der Waals surface area contributed by atoms with Crippen molar-refractivity contribution in [2.75, 3.05) is 30.9 Å². The summed E-state index contributed by atoms with van der Waals surface area (Å²) >= 11 is 6.79. The lowest BCUT2D eigenvalue weighted by atomic mass is 10.2. The summed E-state index contributed by atoms with van der Waals surface area (Å²) in [6.45, 7) is -0.722. The van der Waals surface area contributed by atoms with E-state index in [0.29, 0.717) is 45.2 Å². The van der Waals surface area contributed by atoms with Crippen molar-refractivity contribution >= 4 is 63.8 Å². The van der Waals surface area contributed by atoms with Crippen molar-refractivity contribution in [1.82, 2.24) is 4.90 Å². The quantitative estimate of drug-likeness (QED) is 0.358. The van der Waals surface area contributed by atoms with E-state index >= 15 is 0 Å². The molecule has 0 bridgehead atoms. The number of halogens is 1. The maximum atomic E-state index is 12.9. The van der Waals surface area contributed by atoms with Gasteiger partial charge in [-0.3, -0.25) is 24.1 Å². The highest BCUT2D eigenvalue weighted by Crippen LogP contribution is 2.34. The molecule has 4 rings (SSSR count). The first-order valence-electron chi connectivity index (χ1n) is 11.3. The first-order chi connectivity index (χ1) is 18.3. The number of imide groups is 1. The molecule has 0 aliphatic carbocycles. The number of anilines is 2. The topological polar surface area (TPSA) is 114 Å². The van der Waals surface area contributed by atoms with E-state index < -0.39 is 23.6 Å². The second-order valence-electron chi connectivity index (χ2n) is 7.91. The summed E-state index contributed by atoms with van der Waals surface area (Å²) in [6.07, 6.45) is 1.50. The minimum absolute atomic E-state index is 0.125. The maximum absolute atomic E-state index is 12.9. The van der Waals surface area contributed by atoms with Crippen LogP contribution < -0.4 is 20.1 Å². The second kappa shape index (κ2) is 12.3. The van der Waals surface area contributed by atoms with E-state index in [-0.39, 0.29) is 17.4 Å². The van der Waals surface area contributed by atoms with E-state index in [2.05, 4.69) is 10.6 Å². The van der Waals surface area contributed by atoms with Crippen molar-refractivity contribution in [2.45, 2.75) is 0 Å². The van der Waals surface area contributed by atoms with Crippen LogP contribution in [0.25, 0.3) is 6.08 Å². The number of carbonyl (C=O) groups excluding carboxylic acids is 4. The Morgan fingerprint density at radius 3 is 2.37 bits per heavy atom. The lowest BCUT2D eigenvalue weighted by molar-refractivity contribution is -0.127. The monoisotopic (exact) mass is 551 g/mol. The normalized spacial score (nSPS) is 13.9. The van der Waals surface area contributed by atoms with Crippen LogP contribution in [0, 0.1) is 0 Å². The molecule has 11 heteroatoms. The summed E-state index contributed by atoms with van der Waals surface area (Å²) in [4.78, 5) is 51.2. The van der Waals surface area contributed by atoms with E-state index in [0.717, 1.165) is 4.90 Å². The molecule has 2 N–H and O–H groups in total. The number of thioether (sulfide) groups is 1. The molecule has 1 heterocycles. The van der Waals surface area contributed by atoms with Crippen LogP contribution in [-0.2, 0) is 14.4 Å². The average molecular weight is 552 g/mol. The molecule has 3 aromatic carbocycles. The third kappa shape index (κ3) is 6.72. The molecular weight excluding hydrogens is 530 g/mol. The van der Waals surface area contributed by atoms with E-state index in [1.807, 2.05) is 6.07 Å². The van der Waals surface area contributed by atoms with Gasteiger partial charge in [0.2, 0.25) is 5.91 Å². The van der Waals surface area contributed by atoms with Crippen LogP contribution in [0.15, 0.2) is 77.7 Å². The van der Waals surface area contributed by atoms with Crippen molar-refractivity contribution in [2.24, 2.45) is 0 Å². The predicted octanol–water partition coefficient (Wildman–Crippen LogP) is 5.04. The predicted molar refractivity (Wildman–Crippen MR) is 146 cm³/mol. The minimum Gasteiger partial charge on any atom is -0.495 e. The van der Waals surface area contributed by atoms with Crippen LogP contribution in [0.2, 0.25) is 5.02 Å². The van der Waals surface area contributed by atoms with Gasteiger partial charge in [0, 0.05) is 16.9 Å². The number of hydrogen-bond donors (Lipinski definition) is 2.